The predicted molar refractivity (Wildman–Crippen MR) is 90.5 cm³/mol. The van der Waals surface area contributed by atoms with E-state index < -0.39 is 0 Å². The third-order valence-corrected chi connectivity index (χ3v) is 4.52. The zero-order valence-corrected chi connectivity index (χ0v) is 13.5. The number of halogens is 1. The van der Waals surface area contributed by atoms with E-state index in [4.69, 9.17) is 0 Å². The summed E-state index contributed by atoms with van der Waals surface area (Å²) in [6, 6.07) is 14.4. The van der Waals surface area contributed by atoms with Gasteiger partial charge in [-0.05, 0) is 41.7 Å². The van der Waals surface area contributed by atoms with Crippen LogP contribution in [0, 0.1) is 11.7 Å². The van der Waals surface area contributed by atoms with Crippen LogP contribution < -0.4 is 5.32 Å². The predicted octanol–water partition coefficient (Wildman–Crippen LogP) is 2.83. The van der Waals surface area contributed by atoms with Crippen LogP contribution in [0.25, 0.3) is 5.69 Å². The molecular weight excluding hydrogens is 319 g/mol. The van der Waals surface area contributed by atoms with Gasteiger partial charge in [0.05, 0.1) is 5.69 Å². The minimum atomic E-state index is -0.230. The van der Waals surface area contributed by atoms with Gasteiger partial charge in [-0.1, -0.05) is 30.3 Å². The molecular formula is C19H17FN4O. The van der Waals surface area contributed by atoms with Gasteiger partial charge in [-0.3, -0.25) is 4.79 Å². The lowest BCUT2D eigenvalue weighted by Crippen LogP contribution is -2.24. The van der Waals surface area contributed by atoms with E-state index in [1.807, 2.05) is 30.3 Å². The monoisotopic (exact) mass is 336 g/mol. The molecule has 1 aromatic heterocycles. The SMILES string of the molecule is O=C(NCc1ccc(-n2cncn2)cc1)[C@@H]1C[C@@H]1c1ccccc1F. The molecule has 1 saturated carbocycles. The molecule has 1 fully saturated rings. The third kappa shape index (κ3) is 3.28. The number of carbonyl (C=O) groups is 1. The topological polar surface area (TPSA) is 59.8 Å². The molecule has 1 amide bonds. The summed E-state index contributed by atoms with van der Waals surface area (Å²) in [5.41, 5.74) is 2.55. The molecule has 25 heavy (non-hydrogen) atoms. The van der Waals surface area contributed by atoms with Gasteiger partial charge < -0.3 is 5.32 Å². The number of aromatic nitrogens is 3. The molecule has 4 rings (SSSR count). The van der Waals surface area contributed by atoms with Crippen molar-refractivity contribution in [2.45, 2.75) is 18.9 Å². The Morgan fingerprint density at radius 2 is 2.00 bits per heavy atom. The molecule has 0 radical (unpaired) electrons. The first-order valence-corrected chi connectivity index (χ1v) is 8.18. The van der Waals surface area contributed by atoms with Crippen molar-refractivity contribution in [3.05, 3.63) is 78.1 Å². The van der Waals surface area contributed by atoms with Crippen molar-refractivity contribution in [3.8, 4) is 5.69 Å². The summed E-state index contributed by atoms with van der Waals surface area (Å²) in [5.74, 6) is -0.387. The van der Waals surface area contributed by atoms with Crippen LogP contribution in [0.4, 0.5) is 4.39 Å². The number of hydrogen-bond donors (Lipinski definition) is 1. The van der Waals surface area contributed by atoms with Gasteiger partial charge in [-0.2, -0.15) is 5.10 Å². The molecule has 0 unspecified atom stereocenters. The van der Waals surface area contributed by atoms with E-state index in [1.54, 1.807) is 23.1 Å². The Kier molecular flexibility index (Phi) is 4.01. The van der Waals surface area contributed by atoms with Gasteiger partial charge in [0.15, 0.2) is 0 Å². The molecule has 3 aromatic rings. The average molecular weight is 336 g/mol. The second-order valence-corrected chi connectivity index (χ2v) is 6.19. The molecule has 2 atom stereocenters. The van der Waals surface area contributed by atoms with Crippen molar-refractivity contribution in [1.29, 1.82) is 0 Å². The third-order valence-electron chi connectivity index (χ3n) is 4.52. The lowest BCUT2D eigenvalue weighted by Gasteiger charge is -2.07. The summed E-state index contributed by atoms with van der Waals surface area (Å²) in [4.78, 5) is 16.2. The van der Waals surface area contributed by atoms with E-state index in [9.17, 15) is 9.18 Å². The molecule has 2 aromatic carbocycles. The molecule has 1 aliphatic rings. The van der Waals surface area contributed by atoms with Crippen LogP contribution in [0.1, 0.15) is 23.5 Å². The van der Waals surface area contributed by atoms with Gasteiger partial charge in [0, 0.05) is 12.5 Å². The highest BCUT2D eigenvalue weighted by atomic mass is 19.1. The van der Waals surface area contributed by atoms with E-state index in [-0.39, 0.29) is 23.6 Å². The fourth-order valence-corrected chi connectivity index (χ4v) is 3.03. The number of benzene rings is 2. The minimum absolute atomic E-state index is 0.00380. The standard InChI is InChI=1S/C19H17FN4O/c20-18-4-2-1-3-15(18)16-9-17(16)19(25)22-10-13-5-7-14(8-6-13)24-12-21-11-23-24/h1-8,11-12,16-17H,9-10H2,(H,22,25)/t16-,17-/m1/s1. The molecule has 0 spiro atoms. The first kappa shape index (κ1) is 15.5. The Morgan fingerprint density at radius 1 is 1.20 bits per heavy atom. The normalized spacial score (nSPS) is 18.8. The Balaban J connectivity index is 1.33. The average Bonchev–Trinajstić information content (AvgIpc) is 3.24. The van der Waals surface area contributed by atoms with Crippen molar-refractivity contribution >= 4 is 5.91 Å². The first-order valence-electron chi connectivity index (χ1n) is 8.18. The number of amides is 1. The summed E-state index contributed by atoms with van der Waals surface area (Å²) in [7, 11) is 0. The van der Waals surface area contributed by atoms with E-state index in [1.165, 1.54) is 12.4 Å². The first-order chi connectivity index (χ1) is 12.2. The smallest absolute Gasteiger partial charge is 0.224 e. The maximum absolute atomic E-state index is 13.8. The van der Waals surface area contributed by atoms with E-state index in [0.717, 1.165) is 11.3 Å². The minimum Gasteiger partial charge on any atom is -0.352 e. The Bertz CT molecular complexity index is 877. The van der Waals surface area contributed by atoms with Crippen molar-refractivity contribution < 1.29 is 9.18 Å². The molecule has 0 saturated heterocycles. The molecule has 1 aliphatic carbocycles. The highest BCUT2D eigenvalue weighted by molar-refractivity contribution is 5.82. The highest BCUT2D eigenvalue weighted by Gasteiger charge is 2.44. The van der Waals surface area contributed by atoms with Crippen LogP contribution in [-0.4, -0.2) is 20.7 Å². The van der Waals surface area contributed by atoms with Crippen LogP contribution in [-0.2, 0) is 11.3 Å². The van der Waals surface area contributed by atoms with E-state index >= 15 is 0 Å². The van der Waals surface area contributed by atoms with Gasteiger partial charge in [-0.25, -0.2) is 14.1 Å². The molecule has 0 bridgehead atoms. The van der Waals surface area contributed by atoms with E-state index in [2.05, 4.69) is 15.4 Å². The molecule has 0 aliphatic heterocycles. The molecule has 126 valence electrons. The molecule has 6 heteroatoms. The summed E-state index contributed by atoms with van der Waals surface area (Å²) < 4.78 is 15.5. The van der Waals surface area contributed by atoms with Crippen molar-refractivity contribution in [1.82, 2.24) is 20.1 Å². The van der Waals surface area contributed by atoms with Gasteiger partial charge in [0.25, 0.3) is 0 Å². The molecule has 1 N–H and O–H groups in total. The maximum Gasteiger partial charge on any atom is 0.224 e. The van der Waals surface area contributed by atoms with Crippen LogP contribution in [0.2, 0.25) is 0 Å². The summed E-state index contributed by atoms with van der Waals surface area (Å²) in [6.07, 6.45) is 3.82. The van der Waals surface area contributed by atoms with Gasteiger partial charge in [0.2, 0.25) is 5.91 Å². The summed E-state index contributed by atoms with van der Waals surface area (Å²) in [5, 5.41) is 7.01. The second-order valence-electron chi connectivity index (χ2n) is 6.19. The quantitative estimate of drug-likeness (QED) is 0.779. The van der Waals surface area contributed by atoms with Gasteiger partial charge in [-0.15, -0.1) is 0 Å². The molecule has 5 nitrogen and oxygen atoms in total. The number of hydrogen-bond acceptors (Lipinski definition) is 3. The highest BCUT2D eigenvalue weighted by Crippen LogP contribution is 2.48. The summed E-state index contributed by atoms with van der Waals surface area (Å²) in [6.45, 7) is 0.455. The number of rotatable bonds is 5. The Morgan fingerprint density at radius 3 is 2.72 bits per heavy atom. The molecule has 1 heterocycles. The summed E-state index contributed by atoms with van der Waals surface area (Å²) >= 11 is 0. The van der Waals surface area contributed by atoms with Gasteiger partial charge >= 0.3 is 0 Å². The van der Waals surface area contributed by atoms with Crippen molar-refractivity contribution in [2.24, 2.45) is 5.92 Å². The van der Waals surface area contributed by atoms with Crippen LogP contribution in [0.3, 0.4) is 0 Å². The number of carbonyl (C=O) groups excluding carboxylic acids is 1. The van der Waals surface area contributed by atoms with Crippen LogP contribution >= 0.6 is 0 Å². The lowest BCUT2D eigenvalue weighted by molar-refractivity contribution is -0.122. The Labute approximate surface area is 144 Å². The lowest BCUT2D eigenvalue weighted by atomic mass is 10.1. The number of nitrogens with zero attached hydrogens (tertiary/aromatic N) is 3. The zero-order chi connectivity index (χ0) is 17.2. The van der Waals surface area contributed by atoms with Crippen LogP contribution in [0.15, 0.2) is 61.2 Å². The van der Waals surface area contributed by atoms with Crippen molar-refractivity contribution in [2.75, 3.05) is 0 Å². The largest absolute Gasteiger partial charge is 0.352 e. The van der Waals surface area contributed by atoms with Crippen molar-refractivity contribution in [3.63, 3.8) is 0 Å². The fourth-order valence-electron chi connectivity index (χ4n) is 3.03. The van der Waals surface area contributed by atoms with E-state index in [0.29, 0.717) is 18.5 Å². The van der Waals surface area contributed by atoms with Gasteiger partial charge in [0.1, 0.15) is 18.5 Å². The number of nitrogens with one attached hydrogen (secondary N) is 1. The maximum atomic E-state index is 13.8. The fraction of sp³-hybridized carbons (Fsp3) is 0.211. The van der Waals surface area contributed by atoms with Crippen LogP contribution in [0.5, 0.6) is 0 Å². The second kappa shape index (κ2) is 6.47. The zero-order valence-electron chi connectivity index (χ0n) is 13.5. The Hall–Kier alpha value is -3.02.